The number of fused-ring (bicyclic) bond motifs is 1. The highest BCUT2D eigenvalue weighted by molar-refractivity contribution is 5.90. The number of H-pyrrole nitrogens is 1. The number of nitrogens with zero attached hydrogens (tertiary/aromatic N) is 2. The quantitative estimate of drug-likeness (QED) is 0.156. The zero-order chi connectivity index (χ0) is 30.4. The number of rotatable bonds is 14. The van der Waals surface area contributed by atoms with Gasteiger partial charge in [0.25, 0.3) is 0 Å². The zero-order valence-electron chi connectivity index (χ0n) is 26.8. The van der Waals surface area contributed by atoms with Crippen LogP contribution >= 0.6 is 0 Å². The molecule has 4 aromatic rings. The van der Waals surface area contributed by atoms with Crippen LogP contribution in [-0.2, 0) is 21.6 Å². The number of benzene rings is 2. The third-order valence-corrected chi connectivity index (χ3v) is 7.89. The molecule has 2 heterocycles. The van der Waals surface area contributed by atoms with Crippen LogP contribution in [0.15, 0.2) is 60.8 Å². The molecule has 1 N–H and O–H groups in total. The Morgan fingerprint density at radius 1 is 0.952 bits per heavy atom. The molecule has 5 heteroatoms. The number of hydrogen-bond acceptors (Lipinski definition) is 4. The van der Waals surface area contributed by atoms with E-state index in [-0.39, 0.29) is 5.92 Å². The molecule has 0 aliphatic rings. The van der Waals surface area contributed by atoms with Crippen molar-refractivity contribution in [1.82, 2.24) is 14.9 Å². The minimum Gasteiger partial charge on any atom is -0.376 e. The van der Waals surface area contributed by atoms with Gasteiger partial charge in [0.2, 0.25) is 0 Å². The third kappa shape index (κ3) is 7.76. The third-order valence-electron chi connectivity index (χ3n) is 7.89. The molecule has 224 valence electrons. The highest BCUT2D eigenvalue weighted by Crippen LogP contribution is 2.38. The van der Waals surface area contributed by atoms with Gasteiger partial charge in [-0.3, -0.25) is 0 Å². The number of pyridine rings is 1. The lowest BCUT2D eigenvalue weighted by Gasteiger charge is -2.34. The molecule has 0 spiro atoms. The van der Waals surface area contributed by atoms with E-state index in [2.05, 4.69) is 102 Å². The Morgan fingerprint density at radius 3 is 2.19 bits per heavy atom. The summed E-state index contributed by atoms with van der Waals surface area (Å²) in [6, 6.07) is 19.1. The zero-order valence-corrected chi connectivity index (χ0v) is 26.8. The Labute approximate surface area is 252 Å². The average Bonchev–Trinajstić information content (AvgIpc) is 3.31. The summed E-state index contributed by atoms with van der Waals surface area (Å²) < 4.78 is 6.24. The van der Waals surface area contributed by atoms with Gasteiger partial charge in [-0.2, -0.15) is 0 Å². The monoisotopic (exact) mass is 567 g/mol. The van der Waals surface area contributed by atoms with Crippen LogP contribution < -0.4 is 0 Å². The summed E-state index contributed by atoms with van der Waals surface area (Å²) in [5.41, 5.74) is 8.14. The summed E-state index contributed by atoms with van der Waals surface area (Å²) in [7, 11) is 0. The number of aromatic nitrogens is 2. The molecule has 2 atom stereocenters. The first-order chi connectivity index (χ1) is 20.0. The van der Waals surface area contributed by atoms with Crippen LogP contribution in [0.4, 0.5) is 0 Å². The van der Waals surface area contributed by atoms with Crippen molar-refractivity contribution in [2.24, 2.45) is 11.8 Å². The molecule has 0 amide bonds. The van der Waals surface area contributed by atoms with E-state index < -0.39 is 5.41 Å². The topological polar surface area (TPSA) is 58.2 Å². The number of ether oxygens (including phenoxy) is 1. The van der Waals surface area contributed by atoms with Crippen molar-refractivity contribution in [2.45, 2.75) is 73.3 Å². The maximum absolute atomic E-state index is 12.8. The Hall–Kier alpha value is -3.28. The number of nitrogens with one attached hydrogen (secondary N) is 1. The van der Waals surface area contributed by atoms with E-state index in [0.29, 0.717) is 31.6 Å². The SMILES string of the molecule is Cc1cc(C)cc(-c2[nH]c3ncc(C(C)(C=O)CN(CC(C)C)CC(C)C)cc3c2C(C)COCc2ccccc2)c1. The Kier molecular flexibility index (Phi) is 10.4. The number of aldehydes is 1. The highest BCUT2D eigenvalue weighted by Gasteiger charge is 2.31. The molecular weight excluding hydrogens is 518 g/mol. The minimum absolute atomic E-state index is 0.108. The van der Waals surface area contributed by atoms with Crippen molar-refractivity contribution < 1.29 is 9.53 Å². The molecule has 0 radical (unpaired) electrons. The molecule has 0 saturated heterocycles. The van der Waals surface area contributed by atoms with Gasteiger partial charge in [0.1, 0.15) is 11.9 Å². The first-order valence-corrected chi connectivity index (χ1v) is 15.4. The van der Waals surface area contributed by atoms with Crippen LogP contribution in [0.3, 0.4) is 0 Å². The minimum atomic E-state index is -0.674. The largest absolute Gasteiger partial charge is 0.376 e. The van der Waals surface area contributed by atoms with Crippen LogP contribution in [0.5, 0.6) is 0 Å². The Bertz CT molecular complexity index is 1440. The lowest BCUT2D eigenvalue weighted by molar-refractivity contribution is -0.112. The van der Waals surface area contributed by atoms with Gasteiger partial charge in [-0.05, 0) is 73.1 Å². The standard InChI is InChI=1S/C37H49N3O2/c1-25(2)19-40(20-26(3)4)23-37(8,24-41)32-17-33-34(29(7)21-42-22-30-12-10-9-11-13-30)35(39-36(33)38-18-32)31-15-27(5)14-28(6)16-31/h9-18,24-26,29H,19-23H2,1-8H3,(H,38,39). The van der Waals surface area contributed by atoms with Crippen molar-refractivity contribution in [3.8, 4) is 11.3 Å². The summed E-state index contributed by atoms with van der Waals surface area (Å²) in [6.45, 7) is 21.2. The van der Waals surface area contributed by atoms with E-state index in [1.54, 1.807) is 0 Å². The smallest absolute Gasteiger partial charge is 0.138 e. The van der Waals surface area contributed by atoms with Gasteiger partial charge in [-0.1, -0.05) is 82.1 Å². The van der Waals surface area contributed by atoms with E-state index in [9.17, 15) is 4.79 Å². The van der Waals surface area contributed by atoms with Crippen LogP contribution in [0.25, 0.3) is 22.3 Å². The van der Waals surface area contributed by atoms with E-state index in [4.69, 9.17) is 9.72 Å². The molecule has 5 nitrogen and oxygen atoms in total. The van der Waals surface area contributed by atoms with Crippen molar-refractivity contribution in [2.75, 3.05) is 26.2 Å². The molecule has 0 aliphatic heterocycles. The van der Waals surface area contributed by atoms with Gasteiger partial charge < -0.3 is 19.4 Å². The Morgan fingerprint density at radius 2 is 1.60 bits per heavy atom. The van der Waals surface area contributed by atoms with E-state index in [1.165, 1.54) is 16.7 Å². The number of hydrogen-bond donors (Lipinski definition) is 1. The van der Waals surface area contributed by atoms with E-state index in [1.807, 2.05) is 24.4 Å². The molecule has 2 unspecified atom stereocenters. The maximum atomic E-state index is 12.8. The van der Waals surface area contributed by atoms with Gasteiger partial charge in [0.15, 0.2) is 0 Å². The molecule has 2 aromatic heterocycles. The first-order valence-electron chi connectivity index (χ1n) is 15.4. The van der Waals surface area contributed by atoms with Gasteiger partial charge >= 0.3 is 0 Å². The normalized spacial score (nSPS) is 14.2. The average molecular weight is 568 g/mol. The van der Waals surface area contributed by atoms with Crippen LogP contribution in [-0.4, -0.2) is 47.4 Å². The predicted octanol–water partition coefficient (Wildman–Crippen LogP) is 8.24. The van der Waals surface area contributed by atoms with Crippen molar-refractivity contribution in [1.29, 1.82) is 0 Å². The number of carbonyl (C=O) groups is 1. The molecule has 2 aromatic carbocycles. The van der Waals surface area contributed by atoms with Crippen molar-refractivity contribution in [3.05, 3.63) is 88.6 Å². The fourth-order valence-corrected chi connectivity index (χ4v) is 6.17. The molecule has 42 heavy (non-hydrogen) atoms. The lowest BCUT2D eigenvalue weighted by Crippen LogP contribution is -2.43. The van der Waals surface area contributed by atoms with E-state index in [0.717, 1.165) is 52.8 Å². The maximum Gasteiger partial charge on any atom is 0.138 e. The first kappa shape index (κ1) is 31.7. The second kappa shape index (κ2) is 13.8. The summed E-state index contributed by atoms with van der Waals surface area (Å²) in [5, 5.41) is 1.06. The van der Waals surface area contributed by atoms with Crippen LogP contribution in [0, 0.1) is 25.7 Å². The number of aryl methyl sites for hydroxylation is 2. The summed E-state index contributed by atoms with van der Waals surface area (Å²) in [5.74, 6) is 1.15. The van der Waals surface area contributed by atoms with Gasteiger partial charge in [0, 0.05) is 37.1 Å². The van der Waals surface area contributed by atoms with Gasteiger partial charge in [0.05, 0.1) is 24.3 Å². The molecule has 4 rings (SSSR count). The predicted molar refractivity (Wildman–Crippen MR) is 175 cm³/mol. The second-order valence-electron chi connectivity index (χ2n) is 13.3. The molecule has 0 aliphatic carbocycles. The fourth-order valence-electron chi connectivity index (χ4n) is 6.17. The lowest BCUT2D eigenvalue weighted by atomic mass is 9.83. The fraction of sp³-hybridized carbons (Fsp3) is 0.459. The molecular formula is C37H49N3O2. The summed E-state index contributed by atoms with van der Waals surface area (Å²) in [4.78, 5) is 23.8. The van der Waals surface area contributed by atoms with Crippen molar-refractivity contribution in [3.63, 3.8) is 0 Å². The molecule has 0 bridgehead atoms. The van der Waals surface area contributed by atoms with Crippen LogP contribution in [0.1, 0.15) is 75.3 Å². The van der Waals surface area contributed by atoms with Gasteiger partial charge in [-0.15, -0.1) is 0 Å². The highest BCUT2D eigenvalue weighted by atomic mass is 16.5. The van der Waals surface area contributed by atoms with Crippen molar-refractivity contribution >= 4 is 17.3 Å². The number of aromatic amines is 1. The van der Waals surface area contributed by atoms with E-state index >= 15 is 0 Å². The van der Waals surface area contributed by atoms with Gasteiger partial charge in [-0.25, -0.2) is 4.98 Å². The molecule has 0 fully saturated rings. The summed E-state index contributed by atoms with van der Waals surface area (Å²) >= 11 is 0. The summed E-state index contributed by atoms with van der Waals surface area (Å²) in [6.07, 6.45) is 3.01. The van der Waals surface area contributed by atoms with Crippen LogP contribution in [0.2, 0.25) is 0 Å². The number of carbonyl (C=O) groups excluding carboxylic acids is 1. The molecule has 0 saturated carbocycles. The second-order valence-corrected chi connectivity index (χ2v) is 13.3. The Balaban J connectivity index is 1.76.